The highest BCUT2D eigenvalue weighted by Gasteiger charge is 2.04. The van der Waals surface area contributed by atoms with Gasteiger partial charge in [0.25, 0.3) is 0 Å². The molecular formula is C15H22N4. The molecule has 4 heteroatoms. The Morgan fingerprint density at radius 2 is 2.05 bits per heavy atom. The van der Waals surface area contributed by atoms with Gasteiger partial charge >= 0.3 is 0 Å². The van der Waals surface area contributed by atoms with Crippen molar-refractivity contribution in [3.63, 3.8) is 0 Å². The molecule has 102 valence electrons. The van der Waals surface area contributed by atoms with Gasteiger partial charge in [0.1, 0.15) is 0 Å². The minimum Gasteiger partial charge on any atom is -0.398 e. The van der Waals surface area contributed by atoms with Crippen LogP contribution in [0.3, 0.4) is 0 Å². The van der Waals surface area contributed by atoms with Crippen molar-refractivity contribution >= 4 is 22.3 Å². The molecule has 0 radical (unpaired) electrons. The van der Waals surface area contributed by atoms with Gasteiger partial charge in [-0.2, -0.15) is 0 Å². The topological polar surface area (TPSA) is 54.2 Å². The van der Waals surface area contributed by atoms with Crippen LogP contribution >= 0.6 is 0 Å². The summed E-state index contributed by atoms with van der Waals surface area (Å²) in [7, 11) is 4.20. The highest BCUT2D eigenvalue weighted by atomic mass is 15.0. The molecule has 1 aromatic heterocycles. The van der Waals surface area contributed by atoms with Gasteiger partial charge in [0.05, 0.1) is 11.2 Å². The molecule has 0 atom stereocenters. The molecule has 3 N–H and O–H groups in total. The predicted octanol–water partition coefficient (Wildman–Crippen LogP) is 2.57. The quantitative estimate of drug-likeness (QED) is 0.617. The van der Waals surface area contributed by atoms with E-state index in [2.05, 4.69) is 29.3 Å². The Kier molecular flexibility index (Phi) is 4.58. The summed E-state index contributed by atoms with van der Waals surface area (Å²) < 4.78 is 0. The Bertz CT molecular complexity index is 537. The number of nitrogens with two attached hydrogens (primary N) is 1. The summed E-state index contributed by atoms with van der Waals surface area (Å²) >= 11 is 0. The van der Waals surface area contributed by atoms with Crippen molar-refractivity contribution in [1.82, 2.24) is 9.88 Å². The van der Waals surface area contributed by atoms with Gasteiger partial charge in [-0.25, -0.2) is 0 Å². The Labute approximate surface area is 114 Å². The maximum atomic E-state index is 5.96. The van der Waals surface area contributed by atoms with Gasteiger partial charge in [-0.05, 0) is 57.7 Å². The third-order valence-electron chi connectivity index (χ3n) is 3.15. The number of nitrogen functional groups attached to an aromatic ring is 1. The van der Waals surface area contributed by atoms with E-state index in [1.165, 1.54) is 6.42 Å². The second-order valence-electron chi connectivity index (χ2n) is 5.04. The second kappa shape index (κ2) is 6.38. The third-order valence-corrected chi connectivity index (χ3v) is 3.15. The summed E-state index contributed by atoms with van der Waals surface area (Å²) in [5, 5.41) is 4.47. The van der Waals surface area contributed by atoms with Crippen LogP contribution in [0.15, 0.2) is 30.5 Å². The van der Waals surface area contributed by atoms with Gasteiger partial charge in [0.15, 0.2) is 0 Å². The van der Waals surface area contributed by atoms with E-state index in [1.54, 1.807) is 6.20 Å². The molecular weight excluding hydrogens is 236 g/mol. The van der Waals surface area contributed by atoms with Crippen LogP contribution in [0.4, 0.5) is 11.4 Å². The van der Waals surface area contributed by atoms with E-state index in [-0.39, 0.29) is 0 Å². The number of unbranched alkanes of at least 4 members (excludes halogenated alkanes) is 1. The van der Waals surface area contributed by atoms with Crippen LogP contribution in [0.25, 0.3) is 10.9 Å². The molecule has 0 aliphatic heterocycles. The molecule has 4 nitrogen and oxygen atoms in total. The third kappa shape index (κ3) is 3.58. The first kappa shape index (κ1) is 13.6. The Hall–Kier alpha value is -1.81. The summed E-state index contributed by atoms with van der Waals surface area (Å²) in [6.45, 7) is 2.09. The molecule has 0 aliphatic rings. The van der Waals surface area contributed by atoms with Crippen LogP contribution in [0.1, 0.15) is 12.8 Å². The first-order valence-electron chi connectivity index (χ1n) is 6.70. The van der Waals surface area contributed by atoms with Crippen LogP contribution in [0.2, 0.25) is 0 Å². The monoisotopic (exact) mass is 258 g/mol. The number of hydrogen-bond donors (Lipinski definition) is 2. The van der Waals surface area contributed by atoms with E-state index in [9.17, 15) is 0 Å². The molecule has 0 amide bonds. The van der Waals surface area contributed by atoms with E-state index < -0.39 is 0 Å². The van der Waals surface area contributed by atoms with Gasteiger partial charge in [-0.1, -0.05) is 0 Å². The lowest BCUT2D eigenvalue weighted by Crippen LogP contribution is -2.14. The maximum absolute atomic E-state index is 5.96. The molecule has 0 unspecified atom stereocenters. The van der Waals surface area contributed by atoms with Crippen LogP contribution in [0.5, 0.6) is 0 Å². The summed E-state index contributed by atoms with van der Waals surface area (Å²) in [5.74, 6) is 0. The zero-order chi connectivity index (χ0) is 13.7. The number of fused-ring (bicyclic) bond motifs is 1. The maximum Gasteiger partial charge on any atom is 0.0953 e. The minimum absolute atomic E-state index is 0.779. The van der Waals surface area contributed by atoms with Crippen LogP contribution in [-0.4, -0.2) is 37.1 Å². The molecule has 0 bridgehead atoms. The van der Waals surface area contributed by atoms with Gasteiger partial charge in [0.2, 0.25) is 0 Å². The molecule has 0 fully saturated rings. The fourth-order valence-electron chi connectivity index (χ4n) is 2.11. The highest BCUT2D eigenvalue weighted by Crippen LogP contribution is 2.26. The van der Waals surface area contributed by atoms with Gasteiger partial charge in [-0.3, -0.25) is 4.98 Å². The molecule has 0 aliphatic carbocycles. The SMILES string of the molecule is CN(C)CCCCNc1ccc(N)c2cccnc12. The smallest absolute Gasteiger partial charge is 0.0953 e. The number of nitrogens with zero attached hydrogens (tertiary/aromatic N) is 2. The largest absolute Gasteiger partial charge is 0.398 e. The summed E-state index contributed by atoms with van der Waals surface area (Å²) in [6.07, 6.45) is 4.15. The predicted molar refractivity (Wildman–Crippen MR) is 82.4 cm³/mol. The van der Waals surface area contributed by atoms with Crippen molar-refractivity contribution in [3.05, 3.63) is 30.5 Å². The van der Waals surface area contributed by atoms with Crippen LogP contribution in [-0.2, 0) is 0 Å². The number of pyridine rings is 1. The first-order chi connectivity index (χ1) is 9.18. The molecule has 1 aromatic carbocycles. The Balaban J connectivity index is 1.99. The summed E-state index contributed by atoms with van der Waals surface area (Å²) in [4.78, 5) is 6.63. The van der Waals surface area contributed by atoms with Crippen molar-refractivity contribution in [3.8, 4) is 0 Å². The van der Waals surface area contributed by atoms with Crippen molar-refractivity contribution in [1.29, 1.82) is 0 Å². The Morgan fingerprint density at radius 3 is 2.84 bits per heavy atom. The number of anilines is 2. The number of nitrogens with one attached hydrogen (secondary N) is 1. The lowest BCUT2D eigenvalue weighted by atomic mass is 10.1. The zero-order valence-electron chi connectivity index (χ0n) is 11.7. The standard InChI is InChI=1S/C15H22N4/c1-19(2)11-4-3-9-17-14-8-7-13(16)12-6-5-10-18-15(12)14/h5-8,10,17H,3-4,9,11,16H2,1-2H3. The van der Waals surface area contributed by atoms with E-state index in [0.29, 0.717) is 0 Å². The molecule has 2 aromatic rings. The van der Waals surface area contributed by atoms with Crippen LogP contribution < -0.4 is 11.1 Å². The highest BCUT2D eigenvalue weighted by molar-refractivity contribution is 5.98. The van der Waals surface area contributed by atoms with Crippen molar-refractivity contribution in [2.45, 2.75) is 12.8 Å². The minimum atomic E-state index is 0.779. The van der Waals surface area contributed by atoms with E-state index in [1.807, 2.05) is 24.3 Å². The van der Waals surface area contributed by atoms with Gasteiger partial charge in [-0.15, -0.1) is 0 Å². The van der Waals surface area contributed by atoms with E-state index in [0.717, 1.165) is 41.8 Å². The van der Waals surface area contributed by atoms with E-state index in [4.69, 9.17) is 5.73 Å². The van der Waals surface area contributed by atoms with Gasteiger partial charge in [0, 0.05) is 23.8 Å². The summed E-state index contributed by atoms with van der Waals surface area (Å²) in [6, 6.07) is 7.87. The fourth-order valence-corrected chi connectivity index (χ4v) is 2.11. The number of benzene rings is 1. The molecule has 2 rings (SSSR count). The summed E-state index contributed by atoms with van der Waals surface area (Å²) in [5.41, 5.74) is 8.76. The molecule has 0 spiro atoms. The Morgan fingerprint density at radius 1 is 1.21 bits per heavy atom. The van der Waals surface area contributed by atoms with Crippen molar-refractivity contribution in [2.24, 2.45) is 0 Å². The average Bonchev–Trinajstić information content (AvgIpc) is 2.41. The molecule has 1 heterocycles. The zero-order valence-corrected chi connectivity index (χ0v) is 11.7. The molecule has 0 saturated carbocycles. The second-order valence-corrected chi connectivity index (χ2v) is 5.04. The van der Waals surface area contributed by atoms with Crippen molar-refractivity contribution < 1.29 is 0 Å². The number of aromatic nitrogens is 1. The lowest BCUT2D eigenvalue weighted by molar-refractivity contribution is 0.396. The first-order valence-corrected chi connectivity index (χ1v) is 6.70. The van der Waals surface area contributed by atoms with Crippen LogP contribution in [0, 0.1) is 0 Å². The lowest BCUT2D eigenvalue weighted by Gasteiger charge is -2.12. The molecule has 19 heavy (non-hydrogen) atoms. The number of rotatable bonds is 6. The molecule has 0 saturated heterocycles. The normalized spacial score (nSPS) is 11.1. The van der Waals surface area contributed by atoms with Gasteiger partial charge < -0.3 is 16.0 Å². The van der Waals surface area contributed by atoms with E-state index >= 15 is 0 Å². The average molecular weight is 258 g/mol. The number of hydrogen-bond acceptors (Lipinski definition) is 4. The van der Waals surface area contributed by atoms with Crippen molar-refractivity contribution in [2.75, 3.05) is 38.2 Å². The fraction of sp³-hybridized carbons (Fsp3) is 0.400.